The van der Waals surface area contributed by atoms with Crippen LogP contribution in [0.2, 0.25) is 0 Å². The van der Waals surface area contributed by atoms with Crippen LogP contribution in [-0.2, 0) is 14.3 Å². The number of nitrogens with one attached hydrogen (secondary N) is 2. The first-order valence-corrected chi connectivity index (χ1v) is 7.83. The molecule has 0 aliphatic carbocycles. The van der Waals surface area contributed by atoms with Crippen LogP contribution in [-0.4, -0.2) is 30.9 Å². The van der Waals surface area contributed by atoms with Gasteiger partial charge in [-0.15, -0.1) is 0 Å². The molecule has 0 spiro atoms. The molecule has 2 N–H and O–H groups in total. The number of rotatable bonds is 7. The monoisotopic (exact) mass is 344 g/mol. The topological polar surface area (TPSA) is 97.6 Å². The molecule has 0 fully saturated rings. The fourth-order valence-electron chi connectivity index (χ4n) is 2.14. The molecular weight excluding hydrogens is 324 g/mol. The molecule has 0 unspecified atom stereocenters. The molecule has 0 saturated heterocycles. The quantitative estimate of drug-likeness (QED) is 0.751. The summed E-state index contributed by atoms with van der Waals surface area (Å²) in [6.45, 7) is 3.26. The van der Waals surface area contributed by atoms with Crippen molar-refractivity contribution < 1.29 is 23.5 Å². The Bertz CT molecular complexity index is 738. The van der Waals surface area contributed by atoms with Crippen molar-refractivity contribution >= 4 is 23.5 Å². The first-order valence-electron chi connectivity index (χ1n) is 7.83. The van der Waals surface area contributed by atoms with Crippen molar-refractivity contribution in [2.75, 3.05) is 18.5 Å². The Morgan fingerprint density at radius 2 is 1.88 bits per heavy atom. The van der Waals surface area contributed by atoms with Crippen LogP contribution < -0.4 is 10.6 Å². The number of carbonyl (C=O) groups is 3. The molecule has 1 aromatic heterocycles. The van der Waals surface area contributed by atoms with Crippen LogP contribution in [0.4, 0.5) is 5.69 Å². The normalized spacial score (nSPS) is 10.4. The van der Waals surface area contributed by atoms with E-state index in [0.717, 1.165) is 5.56 Å². The van der Waals surface area contributed by atoms with E-state index in [-0.39, 0.29) is 18.2 Å². The Kier molecular flexibility index (Phi) is 6.33. The summed E-state index contributed by atoms with van der Waals surface area (Å²) in [4.78, 5) is 35.1. The number of esters is 1. The summed E-state index contributed by atoms with van der Waals surface area (Å²) in [5.74, 6) is -1.35. The average molecular weight is 344 g/mol. The minimum absolute atomic E-state index is 0.0934. The van der Waals surface area contributed by atoms with Gasteiger partial charge in [0.2, 0.25) is 0 Å². The number of ether oxygens (including phenoxy) is 1. The standard InChI is InChI=1S/C18H20N2O5/c1-12(2)13-6-3-4-7-14(13)20-16(21)11-25-17(22)10-19-18(23)15-8-5-9-24-15/h3-9,12H,10-11H2,1-2H3,(H,19,23)(H,20,21). The maximum atomic E-state index is 11.9. The Labute approximate surface area is 145 Å². The number of hydrogen-bond donors (Lipinski definition) is 2. The highest BCUT2D eigenvalue weighted by molar-refractivity contribution is 5.95. The number of furan rings is 1. The molecule has 0 aliphatic rings. The zero-order valence-electron chi connectivity index (χ0n) is 14.1. The molecule has 2 rings (SSSR count). The van der Waals surface area contributed by atoms with Gasteiger partial charge in [-0.05, 0) is 29.7 Å². The highest BCUT2D eigenvalue weighted by Crippen LogP contribution is 2.23. The van der Waals surface area contributed by atoms with E-state index in [0.29, 0.717) is 5.69 Å². The molecule has 0 saturated carbocycles. The van der Waals surface area contributed by atoms with E-state index in [1.807, 2.05) is 32.0 Å². The van der Waals surface area contributed by atoms with Gasteiger partial charge in [-0.3, -0.25) is 14.4 Å². The van der Waals surface area contributed by atoms with Gasteiger partial charge in [-0.25, -0.2) is 0 Å². The Morgan fingerprint density at radius 3 is 2.56 bits per heavy atom. The highest BCUT2D eigenvalue weighted by atomic mass is 16.5. The molecule has 25 heavy (non-hydrogen) atoms. The summed E-state index contributed by atoms with van der Waals surface area (Å²) in [5, 5.41) is 5.06. The lowest BCUT2D eigenvalue weighted by molar-refractivity contribution is -0.146. The second kappa shape index (κ2) is 8.68. The van der Waals surface area contributed by atoms with Gasteiger partial charge in [0.15, 0.2) is 12.4 Å². The highest BCUT2D eigenvalue weighted by Gasteiger charge is 2.13. The van der Waals surface area contributed by atoms with Gasteiger partial charge in [-0.2, -0.15) is 0 Å². The summed E-state index contributed by atoms with van der Waals surface area (Å²) < 4.78 is 9.74. The number of amides is 2. The second-order valence-corrected chi connectivity index (χ2v) is 5.61. The predicted octanol–water partition coefficient (Wildman–Crippen LogP) is 2.31. The van der Waals surface area contributed by atoms with Crippen LogP contribution in [0.1, 0.15) is 35.9 Å². The molecule has 7 heteroatoms. The molecule has 1 heterocycles. The molecule has 0 atom stereocenters. The minimum Gasteiger partial charge on any atom is -0.459 e. The van der Waals surface area contributed by atoms with Gasteiger partial charge in [-0.1, -0.05) is 32.0 Å². The summed E-state index contributed by atoms with van der Waals surface area (Å²) in [6, 6.07) is 10.5. The van der Waals surface area contributed by atoms with Gasteiger partial charge < -0.3 is 19.8 Å². The summed E-state index contributed by atoms with van der Waals surface area (Å²) in [6.07, 6.45) is 1.35. The average Bonchev–Trinajstić information content (AvgIpc) is 3.13. The molecule has 132 valence electrons. The molecule has 0 aliphatic heterocycles. The predicted molar refractivity (Wildman–Crippen MR) is 91.2 cm³/mol. The molecule has 0 bridgehead atoms. The van der Waals surface area contributed by atoms with E-state index in [1.54, 1.807) is 12.1 Å². The largest absolute Gasteiger partial charge is 0.459 e. The molecule has 1 aromatic carbocycles. The summed E-state index contributed by atoms with van der Waals surface area (Å²) in [5.41, 5.74) is 1.68. The third kappa shape index (κ3) is 5.49. The molecular formula is C18H20N2O5. The lowest BCUT2D eigenvalue weighted by Gasteiger charge is -2.13. The SMILES string of the molecule is CC(C)c1ccccc1NC(=O)COC(=O)CNC(=O)c1ccco1. The lowest BCUT2D eigenvalue weighted by Crippen LogP contribution is -2.32. The van der Waals surface area contributed by atoms with Gasteiger partial charge >= 0.3 is 5.97 Å². The van der Waals surface area contributed by atoms with Crippen molar-refractivity contribution in [1.82, 2.24) is 5.32 Å². The van der Waals surface area contributed by atoms with Crippen molar-refractivity contribution in [1.29, 1.82) is 0 Å². The van der Waals surface area contributed by atoms with Gasteiger partial charge in [0.05, 0.1) is 6.26 Å². The van der Waals surface area contributed by atoms with E-state index in [1.165, 1.54) is 12.3 Å². The summed E-state index contributed by atoms with van der Waals surface area (Å²) in [7, 11) is 0. The maximum absolute atomic E-state index is 11.9. The zero-order valence-corrected chi connectivity index (χ0v) is 14.1. The Morgan fingerprint density at radius 1 is 1.12 bits per heavy atom. The second-order valence-electron chi connectivity index (χ2n) is 5.61. The van der Waals surface area contributed by atoms with Crippen LogP contribution in [0, 0.1) is 0 Å². The first-order chi connectivity index (χ1) is 12.0. The molecule has 2 amide bonds. The summed E-state index contributed by atoms with van der Waals surface area (Å²) >= 11 is 0. The third-order valence-electron chi connectivity index (χ3n) is 3.36. The smallest absolute Gasteiger partial charge is 0.325 e. The van der Waals surface area contributed by atoms with E-state index >= 15 is 0 Å². The van der Waals surface area contributed by atoms with Crippen LogP contribution in [0.3, 0.4) is 0 Å². The zero-order chi connectivity index (χ0) is 18.2. The Balaban J connectivity index is 1.76. The lowest BCUT2D eigenvalue weighted by atomic mass is 10.0. The van der Waals surface area contributed by atoms with Gasteiger partial charge in [0, 0.05) is 5.69 Å². The number of benzene rings is 1. The fraction of sp³-hybridized carbons (Fsp3) is 0.278. The van der Waals surface area contributed by atoms with Crippen LogP contribution >= 0.6 is 0 Å². The number of anilines is 1. The van der Waals surface area contributed by atoms with E-state index in [2.05, 4.69) is 10.6 Å². The minimum atomic E-state index is -0.716. The van der Waals surface area contributed by atoms with Crippen molar-refractivity contribution in [2.24, 2.45) is 0 Å². The van der Waals surface area contributed by atoms with Crippen LogP contribution in [0.25, 0.3) is 0 Å². The number of hydrogen-bond acceptors (Lipinski definition) is 5. The number of para-hydroxylation sites is 1. The van der Waals surface area contributed by atoms with Crippen LogP contribution in [0.15, 0.2) is 47.1 Å². The van der Waals surface area contributed by atoms with Gasteiger partial charge in [0.25, 0.3) is 11.8 Å². The number of carbonyl (C=O) groups excluding carboxylic acids is 3. The van der Waals surface area contributed by atoms with Crippen LogP contribution in [0.5, 0.6) is 0 Å². The Hall–Kier alpha value is -3.09. The first kappa shape index (κ1) is 18.3. The molecule has 0 radical (unpaired) electrons. The van der Waals surface area contributed by atoms with Crippen molar-refractivity contribution in [2.45, 2.75) is 19.8 Å². The maximum Gasteiger partial charge on any atom is 0.325 e. The third-order valence-corrected chi connectivity index (χ3v) is 3.36. The van der Waals surface area contributed by atoms with E-state index in [9.17, 15) is 14.4 Å². The van der Waals surface area contributed by atoms with E-state index in [4.69, 9.17) is 9.15 Å². The molecule has 7 nitrogen and oxygen atoms in total. The van der Waals surface area contributed by atoms with Crippen molar-refractivity contribution in [3.8, 4) is 0 Å². The van der Waals surface area contributed by atoms with E-state index < -0.39 is 24.4 Å². The van der Waals surface area contributed by atoms with Crippen molar-refractivity contribution in [3.63, 3.8) is 0 Å². The molecule has 2 aromatic rings. The van der Waals surface area contributed by atoms with Crippen molar-refractivity contribution in [3.05, 3.63) is 54.0 Å². The van der Waals surface area contributed by atoms with Gasteiger partial charge in [0.1, 0.15) is 6.54 Å². The fourth-order valence-corrected chi connectivity index (χ4v) is 2.14.